The van der Waals surface area contributed by atoms with Crippen LogP contribution in [0.3, 0.4) is 0 Å². The van der Waals surface area contributed by atoms with Crippen molar-refractivity contribution in [3.63, 3.8) is 0 Å². The van der Waals surface area contributed by atoms with Crippen LogP contribution < -0.4 is 15.4 Å². The van der Waals surface area contributed by atoms with Crippen molar-refractivity contribution in [3.8, 4) is 5.75 Å². The number of aldehydes is 1. The molecule has 1 aromatic carbocycles. The zero-order chi connectivity index (χ0) is 20.1. The van der Waals surface area contributed by atoms with Gasteiger partial charge >= 0.3 is 0 Å². The Hall–Kier alpha value is -3.79. The summed E-state index contributed by atoms with van der Waals surface area (Å²) in [6, 6.07) is 5.27. The Morgan fingerprint density at radius 1 is 1.36 bits per heavy atom. The number of aromatic amines is 1. The van der Waals surface area contributed by atoms with Crippen molar-refractivity contribution in [1.29, 1.82) is 0 Å². The monoisotopic (exact) mass is 383 g/mol. The molecule has 0 fully saturated rings. The van der Waals surface area contributed by atoms with E-state index in [9.17, 15) is 14.4 Å². The molecule has 10 heteroatoms. The van der Waals surface area contributed by atoms with Crippen LogP contribution >= 0.6 is 0 Å². The second kappa shape index (κ2) is 8.27. The van der Waals surface area contributed by atoms with Gasteiger partial charge in [-0.3, -0.25) is 14.4 Å². The summed E-state index contributed by atoms with van der Waals surface area (Å²) in [5.41, 5.74) is 2.66. The number of hydrogen-bond donors (Lipinski definition) is 4. The fourth-order valence-electron chi connectivity index (χ4n) is 2.73. The number of hydrogen-bond acceptors (Lipinski definition) is 7. The van der Waals surface area contributed by atoms with Crippen LogP contribution in [-0.4, -0.2) is 51.9 Å². The van der Waals surface area contributed by atoms with Crippen molar-refractivity contribution >= 4 is 34.8 Å². The van der Waals surface area contributed by atoms with E-state index < -0.39 is 5.91 Å². The highest BCUT2D eigenvalue weighted by molar-refractivity contribution is 6.06. The van der Waals surface area contributed by atoms with Crippen LogP contribution in [0.4, 0.5) is 5.69 Å². The van der Waals surface area contributed by atoms with Crippen molar-refractivity contribution in [2.45, 2.75) is 6.54 Å². The second-order valence-electron chi connectivity index (χ2n) is 5.66. The summed E-state index contributed by atoms with van der Waals surface area (Å²) in [6.07, 6.45) is 3.39. The minimum Gasteiger partial charge on any atom is -0.482 e. The molecule has 3 heterocycles. The number of fused-ring (bicyclic) bond motifs is 2. The van der Waals surface area contributed by atoms with Gasteiger partial charge in [0.05, 0.1) is 16.8 Å². The van der Waals surface area contributed by atoms with E-state index in [0.29, 0.717) is 34.3 Å². The smallest absolute Gasteiger partial charge is 0.272 e. The van der Waals surface area contributed by atoms with E-state index in [0.717, 1.165) is 12.7 Å². The van der Waals surface area contributed by atoms with Crippen LogP contribution in [0, 0.1) is 0 Å². The molecule has 0 radical (unpaired) electrons. The third-order valence-electron chi connectivity index (χ3n) is 3.96. The molecule has 0 aliphatic carbocycles. The third-order valence-corrected chi connectivity index (χ3v) is 3.96. The van der Waals surface area contributed by atoms with E-state index in [2.05, 4.69) is 25.6 Å². The number of H-pyrrole nitrogens is 1. The molecule has 2 amide bonds. The average Bonchev–Trinajstić information content (AvgIpc) is 3.16. The fraction of sp³-hybridized carbons (Fsp3) is 0.167. The molecular formula is C18H17N5O5. The second-order valence-corrected chi connectivity index (χ2v) is 5.66. The van der Waals surface area contributed by atoms with Gasteiger partial charge in [-0.2, -0.15) is 0 Å². The van der Waals surface area contributed by atoms with E-state index >= 15 is 0 Å². The number of aromatic nitrogens is 3. The Balaban J connectivity index is 0.00000109. The van der Waals surface area contributed by atoms with Gasteiger partial charge in [-0.25, -0.2) is 9.97 Å². The SMILES string of the molecule is CO.O=Cc1c[nH]c2c(C(=O)NCc3ccc4c(c3)NC(=O)CO4)ncnc12. The Labute approximate surface area is 159 Å². The largest absolute Gasteiger partial charge is 0.482 e. The van der Waals surface area contributed by atoms with Crippen molar-refractivity contribution in [2.24, 2.45) is 0 Å². The number of anilines is 1. The van der Waals surface area contributed by atoms with Crippen molar-refractivity contribution in [1.82, 2.24) is 20.3 Å². The molecule has 0 atom stereocenters. The molecule has 3 aromatic rings. The minimum absolute atomic E-state index is 0.00822. The quantitative estimate of drug-likeness (QED) is 0.484. The maximum Gasteiger partial charge on any atom is 0.272 e. The maximum absolute atomic E-state index is 12.5. The molecule has 144 valence electrons. The van der Waals surface area contributed by atoms with Crippen LogP contribution in [0.15, 0.2) is 30.7 Å². The Morgan fingerprint density at radius 3 is 2.96 bits per heavy atom. The normalized spacial score (nSPS) is 12.1. The molecule has 28 heavy (non-hydrogen) atoms. The lowest BCUT2D eigenvalue weighted by molar-refractivity contribution is -0.118. The molecule has 1 aliphatic heterocycles. The van der Waals surface area contributed by atoms with Gasteiger partial charge in [0.25, 0.3) is 11.8 Å². The zero-order valence-corrected chi connectivity index (χ0v) is 14.9. The number of aliphatic hydroxyl groups excluding tert-OH is 1. The number of amides is 2. The number of carbonyl (C=O) groups is 3. The van der Waals surface area contributed by atoms with Gasteiger partial charge in [0.1, 0.15) is 17.6 Å². The first kappa shape index (κ1) is 19.0. The molecule has 4 rings (SSSR count). The Morgan fingerprint density at radius 2 is 2.18 bits per heavy atom. The first-order chi connectivity index (χ1) is 13.7. The molecule has 0 spiro atoms. The number of aliphatic hydroxyl groups is 1. The molecule has 0 unspecified atom stereocenters. The van der Waals surface area contributed by atoms with E-state index in [1.807, 2.05) is 0 Å². The van der Waals surface area contributed by atoms with Gasteiger partial charge in [0.2, 0.25) is 0 Å². The van der Waals surface area contributed by atoms with Crippen LogP contribution in [0.5, 0.6) is 5.75 Å². The van der Waals surface area contributed by atoms with Gasteiger partial charge in [-0.1, -0.05) is 6.07 Å². The Kier molecular flexibility index (Phi) is 5.61. The highest BCUT2D eigenvalue weighted by Gasteiger charge is 2.18. The van der Waals surface area contributed by atoms with Gasteiger partial charge in [0.15, 0.2) is 18.6 Å². The number of benzene rings is 1. The number of nitrogens with one attached hydrogen (secondary N) is 3. The molecule has 4 N–H and O–H groups in total. The van der Waals surface area contributed by atoms with Gasteiger partial charge in [-0.05, 0) is 17.7 Å². The topological polar surface area (TPSA) is 146 Å². The molecule has 0 bridgehead atoms. The lowest BCUT2D eigenvalue weighted by Gasteiger charge is -2.18. The summed E-state index contributed by atoms with van der Waals surface area (Å²) in [5, 5.41) is 12.5. The molecule has 0 saturated heterocycles. The van der Waals surface area contributed by atoms with E-state index in [4.69, 9.17) is 9.84 Å². The fourth-order valence-corrected chi connectivity index (χ4v) is 2.73. The van der Waals surface area contributed by atoms with Crippen molar-refractivity contribution in [3.05, 3.63) is 47.5 Å². The van der Waals surface area contributed by atoms with Crippen LogP contribution in [0.2, 0.25) is 0 Å². The van der Waals surface area contributed by atoms with Crippen molar-refractivity contribution in [2.75, 3.05) is 19.0 Å². The zero-order valence-electron chi connectivity index (χ0n) is 14.9. The lowest BCUT2D eigenvalue weighted by Crippen LogP contribution is -2.26. The molecular weight excluding hydrogens is 366 g/mol. The highest BCUT2D eigenvalue weighted by atomic mass is 16.5. The van der Waals surface area contributed by atoms with E-state index in [1.165, 1.54) is 12.5 Å². The predicted molar refractivity (Wildman–Crippen MR) is 99.2 cm³/mol. The summed E-state index contributed by atoms with van der Waals surface area (Å²) in [5.74, 6) is -0.0422. The van der Waals surface area contributed by atoms with Gasteiger partial charge < -0.3 is 25.5 Å². The summed E-state index contributed by atoms with van der Waals surface area (Å²) >= 11 is 0. The summed E-state index contributed by atoms with van der Waals surface area (Å²) in [7, 11) is 1.00. The summed E-state index contributed by atoms with van der Waals surface area (Å²) in [6.45, 7) is 0.223. The minimum atomic E-state index is -0.408. The first-order valence-electron chi connectivity index (χ1n) is 8.21. The molecule has 1 aliphatic rings. The first-order valence-corrected chi connectivity index (χ1v) is 8.21. The van der Waals surface area contributed by atoms with Gasteiger partial charge in [0, 0.05) is 19.9 Å². The Bertz CT molecular complexity index is 1050. The van der Waals surface area contributed by atoms with Crippen LogP contribution in [-0.2, 0) is 11.3 Å². The average molecular weight is 383 g/mol. The number of nitrogens with zero attached hydrogens (tertiary/aromatic N) is 2. The van der Waals surface area contributed by atoms with Crippen LogP contribution in [0.1, 0.15) is 26.4 Å². The molecule has 0 saturated carbocycles. The standard InChI is InChI=1S/C17H13N5O4.CH4O/c23-6-10-5-18-15-14(10)20-8-21-16(15)17(25)19-4-9-1-2-12-11(3-9)22-13(24)7-26-12;1-2/h1-3,5-6,8,18H,4,7H2,(H,19,25)(H,22,24);2H,1H3. The number of ether oxygens (including phenoxy) is 1. The third kappa shape index (κ3) is 3.67. The lowest BCUT2D eigenvalue weighted by atomic mass is 10.1. The summed E-state index contributed by atoms with van der Waals surface area (Å²) in [4.78, 5) is 45.7. The predicted octanol–water partition coefficient (Wildman–Crippen LogP) is 0.640. The number of carbonyl (C=O) groups excluding carboxylic acids is 3. The van der Waals surface area contributed by atoms with Crippen molar-refractivity contribution < 1.29 is 24.2 Å². The number of rotatable bonds is 4. The van der Waals surface area contributed by atoms with E-state index in [-0.39, 0.29) is 24.8 Å². The maximum atomic E-state index is 12.5. The highest BCUT2D eigenvalue weighted by Crippen LogP contribution is 2.28. The molecule has 2 aromatic heterocycles. The summed E-state index contributed by atoms with van der Waals surface area (Å²) < 4.78 is 5.30. The van der Waals surface area contributed by atoms with Gasteiger partial charge in [-0.15, -0.1) is 0 Å². The molecule has 10 nitrogen and oxygen atoms in total. The van der Waals surface area contributed by atoms with Crippen LogP contribution in [0.25, 0.3) is 11.0 Å². The van der Waals surface area contributed by atoms with E-state index in [1.54, 1.807) is 18.2 Å².